The maximum Gasteiger partial charge on any atom is 0.221 e. The zero-order valence-electron chi connectivity index (χ0n) is 11.9. The van der Waals surface area contributed by atoms with Gasteiger partial charge in [-0.05, 0) is 23.8 Å². The van der Waals surface area contributed by atoms with Gasteiger partial charge in [-0.1, -0.05) is 48.5 Å². The number of aromatic nitrogens is 2. The Morgan fingerprint density at radius 2 is 1.59 bits per heavy atom. The van der Waals surface area contributed by atoms with Gasteiger partial charge in [0, 0.05) is 11.5 Å². The summed E-state index contributed by atoms with van der Waals surface area (Å²) in [7, 11) is 0. The second-order valence-electron chi connectivity index (χ2n) is 4.80. The van der Waals surface area contributed by atoms with Crippen molar-refractivity contribution < 1.29 is 4.42 Å². The van der Waals surface area contributed by atoms with E-state index in [0.29, 0.717) is 17.1 Å². The minimum Gasteiger partial charge on any atom is -0.435 e. The minimum absolute atomic E-state index is 0. The van der Waals surface area contributed by atoms with Gasteiger partial charge in [0.05, 0.1) is 5.52 Å². The molecule has 2 heterocycles. The van der Waals surface area contributed by atoms with Crippen molar-refractivity contribution in [2.24, 2.45) is 0 Å². The van der Waals surface area contributed by atoms with Crippen LogP contribution in [0.3, 0.4) is 0 Å². The van der Waals surface area contributed by atoms with Crippen LogP contribution in [-0.2, 0) is 0 Å². The Hall–Kier alpha value is -2.98. The number of benzene rings is 2. The van der Waals surface area contributed by atoms with Gasteiger partial charge < -0.3 is 10.6 Å². The maximum atomic E-state index is 5.74. The Bertz CT molecular complexity index is 890. The zero-order chi connectivity index (χ0) is 14.1. The predicted molar refractivity (Wildman–Crippen MR) is 89.7 cm³/mol. The van der Waals surface area contributed by atoms with Crippen LogP contribution in [0.5, 0.6) is 0 Å². The molecule has 4 rings (SSSR count). The van der Waals surface area contributed by atoms with Crippen molar-refractivity contribution in [2.45, 2.75) is 0 Å². The Labute approximate surface area is 127 Å². The largest absolute Gasteiger partial charge is 0.435 e. The van der Waals surface area contributed by atoms with Gasteiger partial charge in [0.15, 0.2) is 11.2 Å². The highest BCUT2D eigenvalue weighted by atomic mass is 16.3. The van der Waals surface area contributed by atoms with Gasteiger partial charge >= 0.3 is 0 Å². The number of para-hydroxylation sites is 1. The molecule has 2 aromatic heterocycles. The molecule has 0 aliphatic heterocycles. The number of pyridine rings is 1. The average molecular weight is 289 g/mol. The average Bonchev–Trinajstić information content (AvgIpc) is 2.93. The van der Waals surface area contributed by atoms with E-state index in [1.807, 2.05) is 72.8 Å². The molecule has 0 unspecified atom stereocenters. The van der Waals surface area contributed by atoms with Crippen LogP contribution in [0.25, 0.3) is 34.3 Å². The lowest BCUT2D eigenvalue weighted by atomic mass is 10.2. The first kappa shape index (κ1) is 14.0. The number of hydrogen-bond acceptors (Lipinski definition) is 4. The van der Waals surface area contributed by atoms with Crippen molar-refractivity contribution in [1.29, 1.82) is 0 Å². The minimum atomic E-state index is 0. The van der Waals surface area contributed by atoms with Crippen LogP contribution in [-0.4, -0.2) is 9.97 Å². The summed E-state index contributed by atoms with van der Waals surface area (Å²) in [5, 5.41) is 1.06. The topological polar surface area (TPSA) is 73.9 Å². The molecule has 0 amide bonds. The summed E-state index contributed by atoms with van der Waals surface area (Å²) in [6, 6.07) is 20.0. The van der Waals surface area contributed by atoms with Gasteiger partial charge in [0.25, 0.3) is 0 Å². The summed E-state index contributed by atoms with van der Waals surface area (Å²) < 4.78 is 5.74. The second kappa shape index (κ2) is 5.79. The number of rotatable bonds is 2. The third-order valence-corrected chi connectivity index (χ3v) is 3.32. The van der Waals surface area contributed by atoms with Gasteiger partial charge in [-0.25, -0.2) is 4.98 Å². The van der Waals surface area contributed by atoms with Gasteiger partial charge in [0.1, 0.15) is 0 Å². The van der Waals surface area contributed by atoms with Crippen LogP contribution in [0.4, 0.5) is 0 Å². The third-order valence-electron chi connectivity index (χ3n) is 3.32. The highest BCUT2D eigenvalue weighted by Gasteiger charge is 2.06. The van der Waals surface area contributed by atoms with E-state index in [4.69, 9.17) is 4.42 Å². The molecule has 0 saturated carbocycles. The fourth-order valence-electron chi connectivity index (χ4n) is 2.28. The van der Waals surface area contributed by atoms with Crippen molar-refractivity contribution in [3.05, 3.63) is 72.1 Å². The first-order chi connectivity index (χ1) is 10.4. The SMILES string of the molecule is C(=Cc1nc2nc3ccccc3cc2o1)c1ccccc1.N. The quantitative estimate of drug-likeness (QED) is 0.580. The molecule has 0 aliphatic rings. The number of oxazole rings is 1. The van der Waals surface area contributed by atoms with E-state index in [1.165, 1.54) is 0 Å². The highest BCUT2D eigenvalue weighted by Crippen LogP contribution is 2.21. The summed E-state index contributed by atoms with van der Waals surface area (Å²) in [6.07, 6.45) is 3.84. The van der Waals surface area contributed by atoms with Crippen molar-refractivity contribution >= 4 is 34.3 Å². The molecule has 0 radical (unpaired) electrons. The summed E-state index contributed by atoms with van der Waals surface area (Å²) in [5.74, 6) is 0.566. The van der Waals surface area contributed by atoms with E-state index in [2.05, 4.69) is 9.97 Å². The van der Waals surface area contributed by atoms with Crippen molar-refractivity contribution in [2.75, 3.05) is 0 Å². The van der Waals surface area contributed by atoms with E-state index in [0.717, 1.165) is 16.5 Å². The molecule has 3 N–H and O–H groups in total. The molecule has 4 aromatic rings. The monoisotopic (exact) mass is 289 g/mol. The fraction of sp³-hybridized carbons (Fsp3) is 0. The molecule has 0 atom stereocenters. The lowest BCUT2D eigenvalue weighted by Gasteiger charge is -1.93. The van der Waals surface area contributed by atoms with E-state index in [9.17, 15) is 0 Å². The molecule has 0 saturated heterocycles. The third kappa shape index (κ3) is 2.60. The molecular formula is C18H15N3O. The second-order valence-corrected chi connectivity index (χ2v) is 4.80. The molecule has 0 fully saturated rings. The zero-order valence-corrected chi connectivity index (χ0v) is 11.9. The fourth-order valence-corrected chi connectivity index (χ4v) is 2.28. The first-order valence-corrected chi connectivity index (χ1v) is 6.78. The lowest BCUT2D eigenvalue weighted by Crippen LogP contribution is -1.79. The van der Waals surface area contributed by atoms with E-state index < -0.39 is 0 Å². The van der Waals surface area contributed by atoms with Crippen molar-refractivity contribution in [1.82, 2.24) is 16.1 Å². The Kier molecular flexibility index (Phi) is 3.68. The Morgan fingerprint density at radius 3 is 2.45 bits per heavy atom. The molecule has 2 aromatic carbocycles. The normalized spacial score (nSPS) is 11.1. The summed E-state index contributed by atoms with van der Waals surface area (Å²) in [6.45, 7) is 0. The van der Waals surface area contributed by atoms with Gasteiger partial charge in [-0.15, -0.1) is 0 Å². The molecule has 4 nitrogen and oxygen atoms in total. The van der Waals surface area contributed by atoms with Gasteiger partial charge in [-0.3, -0.25) is 0 Å². The number of nitrogens with zero attached hydrogens (tertiary/aromatic N) is 2. The molecule has 108 valence electrons. The Balaban J connectivity index is 0.00000144. The van der Waals surface area contributed by atoms with E-state index in [1.54, 1.807) is 0 Å². The molecule has 0 spiro atoms. The molecule has 0 bridgehead atoms. The van der Waals surface area contributed by atoms with Gasteiger partial charge in [0.2, 0.25) is 5.89 Å². The van der Waals surface area contributed by atoms with Crippen LogP contribution >= 0.6 is 0 Å². The number of fused-ring (bicyclic) bond motifs is 2. The van der Waals surface area contributed by atoms with E-state index in [-0.39, 0.29) is 6.15 Å². The smallest absolute Gasteiger partial charge is 0.221 e. The number of hydrogen-bond donors (Lipinski definition) is 1. The summed E-state index contributed by atoms with van der Waals surface area (Å²) in [4.78, 5) is 8.93. The first-order valence-electron chi connectivity index (χ1n) is 6.78. The summed E-state index contributed by atoms with van der Waals surface area (Å²) >= 11 is 0. The molecule has 22 heavy (non-hydrogen) atoms. The van der Waals surface area contributed by atoms with Crippen LogP contribution < -0.4 is 6.15 Å². The van der Waals surface area contributed by atoms with Crippen molar-refractivity contribution in [3.63, 3.8) is 0 Å². The highest BCUT2D eigenvalue weighted by molar-refractivity contribution is 5.88. The molecular weight excluding hydrogens is 274 g/mol. The van der Waals surface area contributed by atoms with Crippen LogP contribution in [0.1, 0.15) is 11.5 Å². The molecule has 0 aliphatic carbocycles. The Morgan fingerprint density at radius 1 is 0.818 bits per heavy atom. The lowest BCUT2D eigenvalue weighted by molar-refractivity contribution is 0.590. The summed E-state index contributed by atoms with van der Waals surface area (Å²) in [5.41, 5.74) is 3.39. The maximum absolute atomic E-state index is 5.74. The van der Waals surface area contributed by atoms with Crippen molar-refractivity contribution in [3.8, 4) is 0 Å². The van der Waals surface area contributed by atoms with E-state index >= 15 is 0 Å². The van der Waals surface area contributed by atoms with Crippen LogP contribution in [0.15, 0.2) is 65.1 Å². The van der Waals surface area contributed by atoms with Crippen LogP contribution in [0.2, 0.25) is 0 Å². The van der Waals surface area contributed by atoms with Crippen LogP contribution in [0, 0.1) is 0 Å². The standard InChI is InChI=1S/C18H12N2O.H3N/c1-2-6-13(7-3-1)10-11-17-20-18-16(21-17)12-14-8-4-5-9-15(14)19-18;/h1-12H;1H3. The van der Waals surface area contributed by atoms with Gasteiger partial charge in [-0.2, -0.15) is 4.98 Å². The molecule has 4 heteroatoms. The predicted octanol–water partition coefficient (Wildman–Crippen LogP) is 4.71.